The molecule has 100 valence electrons. The van der Waals surface area contributed by atoms with Crippen LogP contribution < -0.4 is 5.32 Å². The molecular formula is C13H25ClN2O. The summed E-state index contributed by atoms with van der Waals surface area (Å²) in [6.07, 6.45) is 8.59. The van der Waals surface area contributed by atoms with Crippen molar-refractivity contribution in [2.24, 2.45) is 5.92 Å². The second-order valence-corrected chi connectivity index (χ2v) is 5.14. The molecule has 2 rings (SSSR count). The molecule has 2 saturated heterocycles. The van der Waals surface area contributed by atoms with Gasteiger partial charge >= 0.3 is 0 Å². The molecule has 0 unspecified atom stereocenters. The first-order valence-corrected chi connectivity index (χ1v) is 6.87. The number of hydrogen-bond donors (Lipinski definition) is 1. The summed E-state index contributed by atoms with van der Waals surface area (Å²) in [5, 5.41) is 3.34. The number of amides is 1. The van der Waals surface area contributed by atoms with Gasteiger partial charge in [-0.25, -0.2) is 0 Å². The van der Waals surface area contributed by atoms with Crippen molar-refractivity contribution in [1.82, 2.24) is 10.2 Å². The van der Waals surface area contributed by atoms with Crippen LogP contribution in [-0.2, 0) is 4.79 Å². The number of nitrogens with zero attached hydrogens (tertiary/aromatic N) is 1. The van der Waals surface area contributed by atoms with Gasteiger partial charge in [0.25, 0.3) is 0 Å². The smallest absolute Gasteiger partial charge is 0.226 e. The zero-order chi connectivity index (χ0) is 11.2. The highest BCUT2D eigenvalue weighted by Gasteiger charge is 2.25. The van der Waals surface area contributed by atoms with Crippen LogP contribution in [0.4, 0.5) is 0 Å². The van der Waals surface area contributed by atoms with Gasteiger partial charge in [-0.15, -0.1) is 12.4 Å². The number of nitrogens with one attached hydrogen (secondary N) is 1. The maximum absolute atomic E-state index is 12.3. The normalized spacial score (nSPS) is 26.6. The average molecular weight is 261 g/mol. The number of rotatable bonds is 1. The molecule has 2 aliphatic heterocycles. The molecule has 0 aromatic rings. The van der Waals surface area contributed by atoms with Crippen LogP contribution in [0.2, 0.25) is 0 Å². The molecule has 1 N–H and O–H groups in total. The van der Waals surface area contributed by atoms with Gasteiger partial charge in [-0.1, -0.05) is 19.3 Å². The molecule has 0 spiro atoms. The van der Waals surface area contributed by atoms with Crippen LogP contribution in [0.3, 0.4) is 0 Å². The van der Waals surface area contributed by atoms with Gasteiger partial charge in [-0.05, 0) is 32.2 Å². The van der Waals surface area contributed by atoms with E-state index in [1.807, 2.05) is 0 Å². The van der Waals surface area contributed by atoms with Gasteiger partial charge in [0.05, 0.1) is 5.92 Å². The van der Waals surface area contributed by atoms with Crippen LogP contribution in [0.1, 0.15) is 44.9 Å². The number of carbonyl (C=O) groups excluding carboxylic acids is 1. The molecule has 0 aromatic heterocycles. The summed E-state index contributed by atoms with van der Waals surface area (Å²) in [6, 6.07) is 0. The zero-order valence-corrected chi connectivity index (χ0v) is 11.4. The average Bonchev–Trinajstić information content (AvgIpc) is 2.29. The van der Waals surface area contributed by atoms with E-state index in [-0.39, 0.29) is 18.3 Å². The number of carbonyl (C=O) groups is 1. The van der Waals surface area contributed by atoms with Gasteiger partial charge in [-0.2, -0.15) is 0 Å². The third-order valence-electron chi connectivity index (χ3n) is 3.81. The molecule has 1 amide bonds. The Bertz CT molecular complexity index is 221. The Labute approximate surface area is 111 Å². The molecule has 0 bridgehead atoms. The number of piperidine rings is 1. The first-order valence-electron chi connectivity index (χ1n) is 6.87. The van der Waals surface area contributed by atoms with E-state index < -0.39 is 0 Å². The lowest BCUT2D eigenvalue weighted by molar-refractivity contribution is -0.136. The van der Waals surface area contributed by atoms with E-state index in [1.165, 1.54) is 32.1 Å². The molecule has 1 atom stereocenters. The quantitative estimate of drug-likeness (QED) is 0.784. The second kappa shape index (κ2) is 7.93. The van der Waals surface area contributed by atoms with Crippen molar-refractivity contribution in [3.8, 4) is 0 Å². The third kappa shape index (κ3) is 4.47. The Hall–Kier alpha value is -0.280. The van der Waals surface area contributed by atoms with Crippen molar-refractivity contribution in [1.29, 1.82) is 0 Å². The zero-order valence-electron chi connectivity index (χ0n) is 10.6. The predicted molar refractivity (Wildman–Crippen MR) is 72.5 cm³/mol. The SMILES string of the molecule is Cl.O=C([C@@H]1CCCNC1)N1CCCCCCC1. The van der Waals surface area contributed by atoms with Gasteiger partial charge in [0.1, 0.15) is 0 Å². The highest BCUT2D eigenvalue weighted by molar-refractivity contribution is 5.85. The van der Waals surface area contributed by atoms with Crippen LogP contribution in [-0.4, -0.2) is 37.0 Å². The Morgan fingerprint density at radius 3 is 2.24 bits per heavy atom. The van der Waals surface area contributed by atoms with Crippen LogP contribution in [0.25, 0.3) is 0 Å². The molecule has 0 radical (unpaired) electrons. The highest BCUT2D eigenvalue weighted by atomic mass is 35.5. The van der Waals surface area contributed by atoms with Crippen molar-refractivity contribution < 1.29 is 4.79 Å². The molecule has 0 saturated carbocycles. The van der Waals surface area contributed by atoms with E-state index in [0.717, 1.165) is 39.0 Å². The maximum atomic E-state index is 12.3. The monoisotopic (exact) mass is 260 g/mol. The molecule has 0 aromatic carbocycles. The lowest BCUT2D eigenvalue weighted by Crippen LogP contribution is -2.44. The molecule has 0 aliphatic carbocycles. The summed E-state index contributed by atoms with van der Waals surface area (Å²) in [5.41, 5.74) is 0. The predicted octanol–water partition coefficient (Wildman–Crippen LogP) is 2.20. The fourth-order valence-electron chi connectivity index (χ4n) is 2.79. The second-order valence-electron chi connectivity index (χ2n) is 5.14. The summed E-state index contributed by atoms with van der Waals surface area (Å²) in [7, 11) is 0. The van der Waals surface area contributed by atoms with Crippen LogP contribution in [0.5, 0.6) is 0 Å². The Balaban J connectivity index is 0.00000144. The van der Waals surface area contributed by atoms with E-state index in [0.29, 0.717) is 5.91 Å². The van der Waals surface area contributed by atoms with Crippen LogP contribution in [0, 0.1) is 5.92 Å². The summed E-state index contributed by atoms with van der Waals surface area (Å²) in [5.74, 6) is 0.669. The summed E-state index contributed by atoms with van der Waals surface area (Å²) < 4.78 is 0. The molecule has 3 nitrogen and oxygen atoms in total. The van der Waals surface area contributed by atoms with E-state index in [1.54, 1.807) is 0 Å². The van der Waals surface area contributed by atoms with E-state index >= 15 is 0 Å². The number of likely N-dealkylation sites (tertiary alicyclic amines) is 1. The van der Waals surface area contributed by atoms with Crippen molar-refractivity contribution in [2.45, 2.75) is 44.9 Å². The minimum absolute atomic E-state index is 0. The van der Waals surface area contributed by atoms with Crippen LogP contribution in [0.15, 0.2) is 0 Å². The largest absolute Gasteiger partial charge is 0.342 e. The van der Waals surface area contributed by atoms with E-state index in [4.69, 9.17) is 0 Å². The maximum Gasteiger partial charge on any atom is 0.226 e. The van der Waals surface area contributed by atoms with Crippen molar-refractivity contribution >= 4 is 18.3 Å². The standard InChI is InChI=1S/C13H24N2O.ClH/c16-13(12-7-6-8-14-11-12)15-9-4-2-1-3-5-10-15;/h12,14H,1-11H2;1H/t12-;/m1./s1. The van der Waals surface area contributed by atoms with Crippen LogP contribution >= 0.6 is 12.4 Å². The lowest BCUT2D eigenvalue weighted by atomic mass is 9.97. The first kappa shape index (κ1) is 14.8. The Kier molecular flexibility index (Phi) is 6.90. The summed E-state index contributed by atoms with van der Waals surface area (Å²) in [6.45, 7) is 3.98. The van der Waals surface area contributed by atoms with Gasteiger partial charge in [0, 0.05) is 19.6 Å². The molecule has 2 fully saturated rings. The van der Waals surface area contributed by atoms with Gasteiger partial charge in [-0.3, -0.25) is 4.79 Å². The van der Waals surface area contributed by atoms with E-state index in [2.05, 4.69) is 10.2 Å². The fourth-order valence-corrected chi connectivity index (χ4v) is 2.79. The molecule has 17 heavy (non-hydrogen) atoms. The molecular weight excluding hydrogens is 236 g/mol. The number of halogens is 1. The highest BCUT2D eigenvalue weighted by Crippen LogP contribution is 2.17. The summed E-state index contributed by atoms with van der Waals surface area (Å²) in [4.78, 5) is 14.4. The summed E-state index contributed by atoms with van der Waals surface area (Å²) >= 11 is 0. The van der Waals surface area contributed by atoms with Crippen molar-refractivity contribution in [2.75, 3.05) is 26.2 Å². The van der Waals surface area contributed by atoms with Crippen molar-refractivity contribution in [3.63, 3.8) is 0 Å². The Morgan fingerprint density at radius 1 is 1.00 bits per heavy atom. The topological polar surface area (TPSA) is 32.3 Å². The molecule has 2 aliphatic rings. The number of hydrogen-bond acceptors (Lipinski definition) is 2. The minimum atomic E-state index is 0. The first-order chi connectivity index (χ1) is 7.88. The van der Waals surface area contributed by atoms with E-state index in [9.17, 15) is 4.79 Å². The van der Waals surface area contributed by atoms with Gasteiger partial charge in [0.15, 0.2) is 0 Å². The molecule has 4 heteroatoms. The fraction of sp³-hybridized carbons (Fsp3) is 0.923. The minimum Gasteiger partial charge on any atom is -0.342 e. The lowest BCUT2D eigenvalue weighted by Gasteiger charge is -2.30. The third-order valence-corrected chi connectivity index (χ3v) is 3.81. The molecule has 2 heterocycles. The van der Waals surface area contributed by atoms with Gasteiger partial charge < -0.3 is 10.2 Å². The van der Waals surface area contributed by atoms with Crippen molar-refractivity contribution in [3.05, 3.63) is 0 Å². The Morgan fingerprint density at radius 2 is 1.65 bits per heavy atom. The van der Waals surface area contributed by atoms with Gasteiger partial charge in [0.2, 0.25) is 5.91 Å².